The Balaban J connectivity index is 1.91. The van der Waals surface area contributed by atoms with Gasteiger partial charge in [0.2, 0.25) is 5.91 Å². The first-order valence-electron chi connectivity index (χ1n) is 7.66. The first-order chi connectivity index (χ1) is 12.0. The summed E-state index contributed by atoms with van der Waals surface area (Å²) >= 11 is 0. The first kappa shape index (κ1) is 16.5. The van der Waals surface area contributed by atoms with Crippen molar-refractivity contribution in [3.8, 4) is 5.75 Å². The lowest BCUT2D eigenvalue weighted by Gasteiger charge is -2.12. The number of nitrogens with zero attached hydrogens (tertiary/aromatic N) is 1. The topological polar surface area (TPSA) is 93.2 Å². The molecule has 3 rings (SSSR count). The van der Waals surface area contributed by atoms with Crippen LogP contribution in [0.2, 0.25) is 0 Å². The zero-order valence-electron chi connectivity index (χ0n) is 13.8. The average molecular weight is 339 g/mol. The molecule has 0 atom stereocenters. The van der Waals surface area contributed by atoms with Gasteiger partial charge in [-0.3, -0.25) is 19.5 Å². The normalized spacial score (nSPS) is 10.6. The average Bonchev–Trinajstić information content (AvgIpc) is 2.59. The molecule has 0 saturated heterocycles. The summed E-state index contributed by atoms with van der Waals surface area (Å²) in [5, 5.41) is 5.70. The maximum atomic E-state index is 12.4. The molecule has 0 saturated carbocycles. The molecule has 0 spiro atoms. The number of carbonyl (C=O) groups is 1. The Morgan fingerprint density at radius 3 is 2.60 bits per heavy atom. The number of aromatic amines is 1. The molecule has 0 fully saturated rings. The van der Waals surface area contributed by atoms with Crippen molar-refractivity contribution < 1.29 is 9.53 Å². The van der Waals surface area contributed by atoms with E-state index in [1.165, 1.54) is 7.11 Å². The lowest BCUT2D eigenvalue weighted by atomic mass is 10.2. The quantitative estimate of drug-likeness (QED) is 0.756. The van der Waals surface area contributed by atoms with Gasteiger partial charge in [-0.15, -0.1) is 0 Å². The predicted octanol–water partition coefficient (Wildman–Crippen LogP) is 1.65. The van der Waals surface area contributed by atoms with Crippen molar-refractivity contribution in [2.75, 3.05) is 12.4 Å². The number of H-pyrrole nitrogens is 1. The number of rotatable bonds is 4. The number of aromatic nitrogens is 2. The smallest absolute Gasteiger partial charge is 0.273 e. The zero-order chi connectivity index (χ0) is 18.0. The molecular weight excluding hydrogens is 322 g/mol. The second-order valence-corrected chi connectivity index (χ2v) is 5.63. The fourth-order valence-electron chi connectivity index (χ4n) is 2.61. The van der Waals surface area contributed by atoms with Gasteiger partial charge < -0.3 is 10.1 Å². The summed E-state index contributed by atoms with van der Waals surface area (Å²) in [5.74, 6) is 0.0650. The minimum atomic E-state index is -0.447. The van der Waals surface area contributed by atoms with E-state index in [0.717, 1.165) is 10.2 Å². The van der Waals surface area contributed by atoms with Gasteiger partial charge in [0.15, 0.2) is 0 Å². The Morgan fingerprint density at radius 1 is 1.16 bits per heavy atom. The van der Waals surface area contributed by atoms with Crippen LogP contribution in [0.5, 0.6) is 5.75 Å². The van der Waals surface area contributed by atoms with Crippen molar-refractivity contribution >= 4 is 22.4 Å². The maximum Gasteiger partial charge on any atom is 0.273 e. The molecule has 0 aliphatic carbocycles. The largest absolute Gasteiger partial charge is 0.495 e. The van der Waals surface area contributed by atoms with Crippen molar-refractivity contribution in [1.29, 1.82) is 0 Å². The molecule has 0 aliphatic rings. The third-order valence-corrected chi connectivity index (χ3v) is 3.81. The molecular formula is C18H17N3O4. The first-order valence-corrected chi connectivity index (χ1v) is 7.66. The molecule has 3 aromatic rings. The fourth-order valence-corrected chi connectivity index (χ4v) is 2.61. The van der Waals surface area contributed by atoms with Crippen LogP contribution in [0.4, 0.5) is 5.69 Å². The van der Waals surface area contributed by atoms with E-state index in [-0.39, 0.29) is 11.9 Å². The van der Waals surface area contributed by atoms with Gasteiger partial charge in [0, 0.05) is 0 Å². The third-order valence-electron chi connectivity index (χ3n) is 3.81. The molecule has 2 N–H and O–H groups in total. The Bertz CT molecular complexity index is 1070. The van der Waals surface area contributed by atoms with E-state index in [1.54, 1.807) is 36.4 Å². The lowest BCUT2D eigenvalue weighted by molar-refractivity contribution is -0.117. The van der Waals surface area contributed by atoms with E-state index < -0.39 is 17.0 Å². The number of hydrogen-bond donors (Lipinski definition) is 2. The number of methoxy groups -OCH3 is 1. The minimum Gasteiger partial charge on any atom is -0.495 e. The van der Waals surface area contributed by atoms with Crippen molar-refractivity contribution in [2.24, 2.45) is 0 Å². The molecule has 1 heterocycles. The van der Waals surface area contributed by atoms with Crippen molar-refractivity contribution in [3.05, 3.63) is 68.7 Å². The van der Waals surface area contributed by atoms with E-state index in [2.05, 4.69) is 10.4 Å². The number of nitrogens with one attached hydrogen (secondary N) is 2. The van der Waals surface area contributed by atoms with Crippen LogP contribution in [0.1, 0.15) is 5.56 Å². The summed E-state index contributed by atoms with van der Waals surface area (Å²) in [6, 6.07) is 11.9. The molecule has 0 unspecified atom stereocenters. The van der Waals surface area contributed by atoms with Gasteiger partial charge in [0.05, 0.1) is 23.6 Å². The highest BCUT2D eigenvalue weighted by molar-refractivity contribution is 5.92. The Morgan fingerprint density at radius 2 is 1.88 bits per heavy atom. The molecule has 1 aromatic heterocycles. The van der Waals surface area contributed by atoms with Gasteiger partial charge in [-0.2, -0.15) is 0 Å². The van der Waals surface area contributed by atoms with Crippen LogP contribution in [0.25, 0.3) is 10.8 Å². The standard InChI is InChI=1S/C18H17N3O4/c1-11-7-8-15(25-2)14(9-11)19-16(22)10-21-18(24)13-6-4-3-5-12(13)17(23)20-21/h3-9H,10H2,1-2H3,(H,19,22)(H,20,23). The van der Waals surface area contributed by atoms with Crippen LogP contribution in [0, 0.1) is 6.92 Å². The van der Waals surface area contributed by atoms with E-state index >= 15 is 0 Å². The summed E-state index contributed by atoms with van der Waals surface area (Å²) in [6.45, 7) is 1.58. The molecule has 1 amide bonds. The fraction of sp³-hybridized carbons (Fsp3) is 0.167. The minimum absolute atomic E-state index is 0.271. The molecule has 7 nitrogen and oxygen atoms in total. The van der Waals surface area contributed by atoms with Gasteiger partial charge in [0.1, 0.15) is 12.3 Å². The van der Waals surface area contributed by atoms with E-state index in [0.29, 0.717) is 16.8 Å². The molecule has 7 heteroatoms. The molecule has 2 aromatic carbocycles. The second-order valence-electron chi connectivity index (χ2n) is 5.63. The van der Waals surface area contributed by atoms with Crippen LogP contribution in [-0.4, -0.2) is 22.8 Å². The third kappa shape index (κ3) is 3.30. The van der Waals surface area contributed by atoms with Crippen LogP contribution in [-0.2, 0) is 11.3 Å². The molecule has 128 valence electrons. The van der Waals surface area contributed by atoms with E-state index in [9.17, 15) is 14.4 Å². The molecule has 0 radical (unpaired) electrons. The van der Waals surface area contributed by atoms with Gasteiger partial charge in [0.25, 0.3) is 11.1 Å². The maximum absolute atomic E-state index is 12.4. The van der Waals surface area contributed by atoms with Crippen molar-refractivity contribution in [2.45, 2.75) is 13.5 Å². The number of carbonyl (C=O) groups excluding carboxylic acids is 1. The summed E-state index contributed by atoms with van der Waals surface area (Å²) in [5.41, 5.74) is 0.605. The number of fused-ring (bicyclic) bond motifs is 1. The number of ether oxygens (including phenoxy) is 1. The van der Waals surface area contributed by atoms with Gasteiger partial charge in [-0.05, 0) is 36.8 Å². The van der Waals surface area contributed by atoms with Crippen LogP contribution in [0.15, 0.2) is 52.1 Å². The number of amides is 1. The van der Waals surface area contributed by atoms with Crippen LogP contribution >= 0.6 is 0 Å². The number of benzene rings is 2. The predicted molar refractivity (Wildman–Crippen MR) is 95.2 cm³/mol. The number of aryl methyl sites for hydroxylation is 1. The highest BCUT2D eigenvalue weighted by atomic mass is 16.5. The SMILES string of the molecule is COc1ccc(C)cc1NC(=O)Cn1[nH]c(=O)c2ccccc2c1=O. The van der Waals surface area contributed by atoms with E-state index in [4.69, 9.17) is 4.74 Å². The summed E-state index contributed by atoms with van der Waals surface area (Å²) in [4.78, 5) is 36.8. The van der Waals surface area contributed by atoms with Crippen LogP contribution in [0.3, 0.4) is 0 Å². The summed E-state index contributed by atoms with van der Waals surface area (Å²) < 4.78 is 6.21. The van der Waals surface area contributed by atoms with Gasteiger partial charge in [-0.25, -0.2) is 4.68 Å². The highest BCUT2D eigenvalue weighted by Gasteiger charge is 2.12. The monoisotopic (exact) mass is 339 g/mol. The molecule has 0 aliphatic heterocycles. The summed E-state index contributed by atoms with van der Waals surface area (Å²) in [6.07, 6.45) is 0. The molecule has 25 heavy (non-hydrogen) atoms. The van der Waals surface area contributed by atoms with Gasteiger partial charge in [-0.1, -0.05) is 18.2 Å². The highest BCUT2D eigenvalue weighted by Crippen LogP contribution is 2.25. The Kier molecular flexibility index (Phi) is 4.38. The lowest BCUT2D eigenvalue weighted by Crippen LogP contribution is -2.34. The number of anilines is 1. The van der Waals surface area contributed by atoms with Gasteiger partial charge >= 0.3 is 0 Å². The Hall–Kier alpha value is -3.35. The van der Waals surface area contributed by atoms with Crippen molar-refractivity contribution in [3.63, 3.8) is 0 Å². The summed E-state index contributed by atoms with van der Waals surface area (Å²) in [7, 11) is 1.51. The second kappa shape index (κ2) is 6.64. The van der Waals surface area contributed by atoms with Crippen LogP contribution < -0.4 is 21.2 Å². The molecule has 0 bridgehead atoms. The van der Waals surface area contributed by atoms with Crippen molar-refractivity contribution in [1.82, 2.24) is 9.78 Å². The number of hydrogen-bond acceptors (Lipinski definition) is 4. The zero-order valence-corrected chi connectivity index (χ0v) is 13.8. The Labute approximate surface area is 142 Å². The van der Waals surface area contributed by atoms with E-state index in [1.807, 2.05) is 13.0 Å².